The van der Waals surface area contributed by atoms with Gasteiger partial charge in [-0.05, 0) is 42.7 Å². The van der Waals surface area contributed by atoms with E-state index in [-0.39, 0.29) is 34.8 Å². The molecule has 1 heterocycles. The summed E-state index contributed by atoms with van der Waals surface area (Å²) >= 11 is 0. The number of furan rings is 1. The molecule has 0 bridgehead atoms. The number of nitro benzene ring substituents is 1. The summed E-state index contributed by atoms with van der Waals surface area (Å²) in [5, 5.41) is 14.1. The summed E-state index contributed by atoms with van der Waals surface area (Å²) in [5.41, 5.74) is 0.653. The minimum absolute atomic E-state index is 0.137. The highest BCUT2D eigenvalue weighted by molar-refractivity contribution is 6.15. The maximum absolute atomic E-state index is 13.2. The SMILES string of the molecule is CNc1ccc(C(=O)c2ccccc2C(=O)N(C)Cc2ccc(C3CC3C)o2)cc1[N+](=O)[O-]. The first-order valence-corrected chi connectivity index (χ1v) is 10.7. The monoisotopic (exact) mass is 447 g/mol. The minimum Gasteiger partial charge on any atom is -0.464 e. The summed E-state index contributed by atoms with van der Waals surface area (Å²) in [5.74, 6) is 1.91. The predicted octanol–water partition coefficient (Wildman–Crippen LogP) is 4.86. The Hall–Kier alpha value is -3.94. The van der Waals surface area contributed by atoms with Gasteiger partial charge in [0.05, 0.1) is 17.0 Å². The van der Waals surface area contributed by atoms with Gasteiger partial charge in [-0.3, -0.25) is 19.7 Å². The average molecular weight is 447 g/mol. The third kappa shape index (κ3) is 4.50. The molecule has 0 radical (unpaired) electrons. The molecule has 3 aromatic rings. The maximum atomic E-state index is 13.2. The largest absolute Gasteiger partial charge is 0.464 e. The van der Waals surface area contributed by atoms with Crippen molar-refractivity contribution in [2.45, 2.75) is 25.8 Å². The number of hydrogen-bond donors (Lipinski definition) is 1. The standard InChI is InChI=1S/C25H25N3O5/c1-15-12-20(15)23-11-9-17(33-23)14-27(3)25(30)19-7-5-4-6-18(19)24(29)16-8-10-21(26-2)22(13-16)28(31)32/h4-11,13,15,20,26H,12,14H2,1-3H3. The number of ketones is 1. The first-order valence-electron chi connectivity index (χ1n) is 10.7. The highest BCUT2D eigenvalue weighted by Crippen LogP contribution is 2.47. The second kappa shape index (κ2) is 8.90. The van der Waals surface area contributed by atoms with Crippen LogP contribution in [-0.4, -0.2) is 35.6 Å². The summed E-state index contributed by atoms with van der Waals surface area (Å²) in [6.45, 7) is 2.45. The van der Waals surface area contributed by atoms with Crippen LogP contribution >= 0.6 is 0 Å². The van der Waals surface area contributed by atoms with Crippen molar-refractivity contribution in [3.05, 3.63) is 92.9 Å². The molecular weight excluding hydrogens is 422 g/mol. The molecular formula is C25H25N3O5. The van der Waals surface area contributed by atoms with E-state index in [1.807, 2.05) is 12.1 Å². The number of nitrogens with one attached hydrogen (secondary N) is 1. The molecule has 2 unspecified atom stereocenters. The molecule has 2 aromatic carbocycles. The third-order valence-electron chi connectivity index (χ3n) is 6.03. The van der Waals surface area contributed by atoms with E-state index in [1.54, 1.807) is 38.4 Å². The molecule has 1 saturated carbocycles. The second-order valence-electron chi connectivity index (χ2n) is 8.40. The Balaban J connectivity index is 1.57. The number of nitrogens with zero attached hydrogens (tertiary/aromatic N) is 2. The van der Waals surface area contributed by atoms with Crippen molar-refractivity contribution in [3.63, 3.8) is 0 Å². The van der Waals surface area contributed by atoms with Crippen molar-refractivity contribution in [1.29, 1.82) is 0 Å². The van der Waals surface area contributed by atoms with Crippen LogP contribution in [0.3, 0.4) is 0 Å². The normalized spacial score (nSPS) is 16.8. The van der Waals surface area contributed by atoms with Crippen LogP contribution in [0.15, 0.2) is 59.0 Å². The molecule has 1 N–H and O–H groups in total. The van der Waals surface area contributed by atoms with Gasteiger partial charge in [-0.15, -0.1) is 0 Å². The maximum Gasteiger partial charge on any atom is 0.293 e. The average Bonchev–Trinajstić information content (AvgIpc) is 3.37. The Morgan fingerprint density at radius 2 is 1.85 bits per heavy atom. The fourth-order valence-corrected chi connectivity index (χ4v) is 3.97. The zero-order valence-corrected chi connectivity index (χ0v) is 18.7. The number of hydrogen-bond acceptors (Lipinski definition) is 6. The molecule has 1 amide bonds. The summed E-state index contributed by atoms with van der Waals surface area (Å²) < 4.78 is 5.91. The van der Waals surface area contributed by atoms with Crippen LogP contribution in [0.4, 0.5) is 11.4 Å². The first kappa shape index (κ1) is 22.3. The lowest BCUT2D eigenvalue weighted by Crippen LogP contribution is -2.27. The summed E-state index contributed by atoms with van der Waals surface area (Å²) in [4.78, 5) is 38.7. The van der Waals surface area contributed by atoms with Crippen LogP contribution in [0, 0.1) is 16.0 Å². The van der Waals surface area contributed by atoms with E-state index in [1.165, 1.54) is 23.1 Å². The molecule has 1 aliphatic carbocycles. The fourth-order valence-electron chi connectivity index (χ4n) is 3.97. The Labute approximate surface area is 191 Å². The summed E-state index contributed by atoms with van der Waals surface area (Å²) in [6.07, 6.45) is 1.12. The van der Waals surface area contributed by atoms with Crippen LogP contribution in [0.25, 0.3) is 0 Å². The van der Waals surface area contributed by atoms with Crippen molar-refractivity contribution in [2.75, 3.05) is 19.4 Å². The first-order chi connectivity index (χ1) is 15.8. The summed E-state index contributed by atoms with van der Waals surface area (Å²) in [6, 6.07) is 14.5. The van der Waals surface area contributed by atoms with Gasteiger partial charge in [0.2, 0.25) is 0 Å². The van der Waals surface area contributed by atoms with E-state index >= 15 is 0 Å². The van der Waals surface area contributed by atoms with E-state index in [0.717, 1.165) is 12.2 Å². The molecule has 1 aromatic heterocycles. The lowest BCUT2D eigenvalue weighted by molar-refractivity contribution is -0.384. The Morgan fingerprint density at radius 3 is 2.48 bits per heavy atom. The molecule has 8 heteroatoms. The van der Waals surface area contributed by atoms with Crippen LogP contribution in [-0.2, 0) is 6.54 Å². The number of amides is 1. The fraction of sp³-hybridized carbons (Fsp3) is 0.280. The Bertz CT molecular complexity index is 1230. The van der Waals surface area contributed by atoms with Gasteiger partial charge in [-0.1, -0.05) is 25.1 Å². The van der Waals surface area contributed by atoms with Crippen LogP contribution in [0.5, 0.6) is 0 Å². The zero-order chi connectivity index (χ0) is 23.7. The minimum atomic E-state index is -0.548. The molecule has 0 aliphatic heterocycles. The number of benzene rings is 2. The number of nitro groups is 1. The predicted molar refractivity (Wildman–Crippen MR) is 124 cm³/mol. The number of anilines is 1. The van der Waals surface area contributed by atoms with Crippen LogP contribution in [0.2, 0.25) is 0 Å². The smallest absolute Gasteiger partial charge is 0.293 e. The zero-order valence-electron chi connectivity index (χ0n) is 18.7. The van der Waals surface area contributed by atoms with Crippen molar-refractivity contribution < 1.29 is 18.9 Å². The topological polar surface area (TPSA) is 106 Å². The lowest BCUT2D eigenvalue weighted by atomic mass is 9.97. The van der Waals surface area contributed by atoms with E-state index in [4.69, 9.17) is 4.42 Å². The Morgan fingerprint density at radius 1 is 1.15 bits per heavy atom. The van der Waals surface area contributed by atoms with Gasteiger partial charge in [-0.25, -0.2) is 0 Å². The summed E-state index contributed by atoms with van der Waals surface area (Å²) in [7, 11) is 3.22. The van der Waals surface area contributed by atoms with E-state index in [2.05, 4.69) is 12.2 Å². The van der Waals surface area contributed by atoms with Gasteiger partial charge < -0.3 is 14.6 Å². The molecule has 0 spiro atoms. The van der Waals surface area contributed by atoms with Gasteiger partial charge in [-0.2, -0.15) is 0 Å². The van der Waals surface area contributed by atoms with Crippen LogP contribution < -0.4 is 5.32 Å². The highest BCUT2D eigenvalue weighted by Gasteiger charge is 2.36. The molecule has 0 saturated heterocycles. The molecule has 33 heavy (non-hydrogen) atoms. The second-order valence-corrected chi connectivity index (χ2v) is 8.40. The van der Waals surface area contributed by atoms with Crippen molar-refractivity contribution >= 4 is 23.1 Å². The van der Waals surface area contributed by atoms with Gasteiger partial charge >= 0.3 is 0 Å². The number of carbonyl (C=O) groups is 2. The lowest BCUT2D eigenvalue weighted by Gasteiger charge is -2.18. The van der Waals surface area contributed by atoms with Gasteiger partial charge in [0, 0.05) is 37.2 Å². The molecule has 170 valence electrons. The molecule has 1 fully saturated rings. The van der Waals surface area contributed by atoms with E-state index in [0.29, 0.717) is 23.3 Å². The van der Waals surface area contributed by atoms with E-state index < -0.39 is 10.7 Å². The van der Waals surface area contributed by atoms with E-state index in [9.17, 15) is 19.7 Å². The van der Waals surface area contributed by atoms with Crippen molar-refractivity contribution in [3.8, 4) is 0 Å². The van der Waals surface area contributed by atoms with Gasteiger partial charge in [0.1, 0.15) is 17.2 Å². The number of carbonyl (C=O) groups excluding carboxylic acids is 2. The van der Waals surface area contributed by atoms with Gasteiger partial charge in [0.15, 0.2) is 5.78 Å². The van der Waals surface area contributed by atoms with Crippen molar-refractivity contribution in [2.24, 2.45) is 5.92 Å². The molecule has 2 atom stereocenters. The molecule has 8 nitrogen and oxygen atoms in total. The quantitative estimate of drug-likeness (QED) is 0.300. The van der Waals surface area contributed by atoms with Gasteiger partial charge in [0.25, 0.3) is 11.6 Å². The van der Waals surface area contributed by atoms with Crippen LogP contribution in [0.1, 0.15) is 57.1 Å². The molecule has 1 aliphatic rings. The highest BCUT2D eigenvalue weighted by atomic mass is 16.6. The Kier molecular flexibility index (Phi) is 6.00. The van der Waals surface area contributed by atoms with Crippen molar-refractivity contribution in [1.82, 2.24) is 4.90 Å². The third-order valence-corrected chi connectivity index (χ3v) is 6.03. The molecule has 4 rings (SSSR count). The number of rotatable bonds is 8.